The fourth-order valence-electron chi connectivity index (χ4n) is 3.16. The molecule has 5 nitrogen and oxygen atoms in total. The maximum Gasteiger partial charge on any atom is 0.258 e. The molecule has 1 aliphatic rings. The molecule has 2 aromatic carbocycles. The number of ether oxygens (including phenoxy) is 2. The van der Waals surface area contributed by atoms with Crippen molar-refractivity contribution in [3.63, 3.8) is 0 Å². The molecule has 6 heteroatoms. The number of aryl methyl sites for hydroxylation is 1. The minimum Gasteiger partial charge on any atom is -0.484 e. The van der Waals surface area contributed by atoms with Crippen LogP contribution < -0.4 is 15.0 Å². The van der Waals surface area contributed by atoms with E-state index in [4.69, 9.17) is 21.1 Å². The summed E-state index contributed by atoms with van der Waals surface area (Å²) in [5.41, 5.74) is 2.25. The number of carbonyl (C=O) groups is 1. The normalized spacial score (nSPS) is 19.5. The Labute approximate surface area is 165 Å². The van der Waals surface area contributed by atoms with Crippen LogP contribution in [0.2, 0.25) is 5.02 Å². The Hall–Kier alpha value is -2.08. The quantitative estimate of drug-likeness (QED) is 0.756. The second-order valence-corrected chi connectivity index (χ2v) is 7.27. The van der Waals surface area contributed by atoms with Crippen molar-refractivity contribution in [2.45, 2.75) is 19.6 Å². The first kappa shape index (κ1) is 19.7. The van der Waals surface area contributed by atoms with E-state index in [-0.39, 0.29) is 18.6 Å². The Morgan fingerprint density at radius 3 is 2.89 bits per heavy atom. The Kier molecular flexibility index (Phi) is 7.10. The number of nitrogens with one attached hydrogen (secondary N) is 2. The zero-order valence-electron chi connectivity index (χ0n) is 15.5. The number of rotatable bonds is 7. The van der Waals surface area contributed by atoms with Crippen LogP contribution in [0.3, 0.4) is 0 Å². The van der Waals surface area contributed by atoms with Gasteiger partial charge < -0.3 is 19.7 Å². The van der Waals surface area contributed by atoms with Crippen molar-refractivity contribution in [3.8, 4) is 5.75 Å². The first-order chi connectivity index (χ1) is 13.1. The molecule has 1 heterocycles. The van der Waals surface area contributed by atoms with Gasteiger partial charge in [-0.25, -0.2) is 0 Å². The summed E-state index contributed by atoms with van der Waals surface area (Å²) in [5.74, 6) is 0.487. The van der Waals surface area contributed by atoms with Crippen LogP contribution >= 0.6 is 11.6 Å². The highest BCUT2D eigenvalue weighted by atomic mass is 35.5. The number of quaternary nitrogens is 1. The van der Waals surface area contributed by atoms with Gasteiger partial charge in [-0.15, -0.1) is 0 Å². The Morgan fingerprint density at radius 1 is 1.30 bits per heavy atom. The van der Waals surface area contributed by atoms with E-state index in [1.54, 1.807) is 12.1 Å². The molecular formula is C21H26ClN2O3+. The van der Waals surface area contributed by atoms with Gasteiger partial charge in [-0.3, -0.25) is 4.79 Å². The zero-order chi connectivity index (χ0) is 19.1. The van der Waals surface area contributed by atoms with Gasteiger partial charge >= 0.3 is 0 Å². The van der Waals surface area contributed by atoms with E-state index in [9.17, 15) is 4.79 Å². The Morgan fingerprint density at radius 2 is 2.11 bits per heavy atom. The SMILES string of the molecule is Cc1cc(OCC(=O)NC[C@@H]2C[NH+](Cc3ccccc3)CCO2)ccc1Cl. The predicted molar refractivity (Wildman–Crippen MR) is 105 cm³/mol. The lowest BCUT2D eigenvalue weighted by atomic mass is 10.2. The fourth-order valence-corrected chi connectivity index (χ4v) is 3.28. The van der Waals surface area contributed by atoms with Gasteiger partial charge in [0, 0.05) is 17.1 Å². The lowest BCUT2D eigenvalue weighted by Gasteiger charge is -2.30. The molecule has 1 unspecified atom stereocenters. The van der Waals surface area contributed by atoms with E-state index in [1.165, 1.54) is 10.5 Å². The van der Waals surface area contributed by atoms with Crippen molar-refractivity contribution in [2.75, 3.05) is 32.8 Å². The number of halogens is 1. The van der Waals surface area contributed by atoms with Crippen LogP contribution in [0.4, 0.5) is 0 Å². The van der Waals surface area contributed by atoms with Crippen molar-refractivity contribution in [3.05, 3.63) is 64.7 Å². The Balaban J connectivity index is 1.39. The third kappa shape index (κ3) is 6.24. The molecule has 2 N–H and O–H groups in total. The van der Waals surface area contributed by atoms with Crippen LogP contribution in [0.5, 0.6) is 5.75 Å². The van der Waals surface area contributed by atoms with E-state index in [1.807, 2.05) is 19.1 Å². The zero-order valence-corrected chi connectivity index (χ0v) is 16.3. The van der Waals surface area contributed by atoms with Gasteiger partial charge in [0.05, 0.1) is 6.61 Å². The highest BCUT2D eigenvalue weighted by Crippen LogP contribution is 2.20. The van der Waals surface area contributed by atoms with Gasteiger partial charge in [0.25, 0.3) is 5.91 Å². The topological polar surface area (TPSA) is 52.0 Å². The number of hydrogen-bond acceptors (Lipinski definition) is 3. The summed E-state index contributed by atoms with van der Waals surface area (Å²) in [6.07, 6.45) is 0.0270. The summed E-state index contributed by atoms with van der Waals surface area (Å²) < 4.78 is 11.3. The number of carbonyl (C=O) groups excluding carboxylic acids is 1. The third-order valence-electron chi connectivity index (χ3n) is 4.65. The number of hydrogen-bond donors (Lipinski definition) is 2. The molecule has 0 aromatic heterocycles. The molecule has 0 spiro atoms. The second kappa shape index (κ2) is 9.74. The Bertz CT molecular complexity index is 754. The molecule has 1 aliphatic heterocycles. The van der Waals surface area contributed by atoms with E-state index in [2.05, 4.69) is 29.6 Å². The van der Waals surface area contributed by atoms with E-state index < -0.39 is 0 Å². The fraction of sp³-hybridized carbons (Fsp3) is 0.381. The van der Waals surface area contributed by atoms with Crippen LogP contribution in [0.1, 0.15) is 11.1 Å². The molecule has 1 saturated heterocycles. The van der Waals surface area contributed by atoms with Gasteiger partial charge in [-0.1, -0.05) is 41.9 Å². The molecule has 3 rings (SSSR count). The van der Waals surface area contributed by atoms with Crippen molar-refractivity contribution in [1.82, 2.24) is 5.32 Å². The molecule has 2 aromatic rings. The van der Waals surface area contributed by atoms with Crippen LogP contribution in [-0.4, -0.2) is 44.9 Å². The summed E-state index contributed by atoms with van der Waals surface area (Å²) in [6.45, 7) is 5.94. The van der Waals surface area contributed by atoms with Gasteiger partial charge in [0.15, 0.2) is 6.61 Å². The number of benzene rings is 2. The van der Waals surface area contributed by atoms with E-state index in [0.29, 0.717) is 23.9 Å². The number of morpholine rings is 1. The molecule has 27 heavy (non-hydrogen) atoms. The van der Waals surface area contributed by atoms with Crippen molar-refractivity contribution < 1.29 is 19.2 Å². The largest absolute Gasteiger partial charge is 0.484 e. The summed E-state index contributed by atoms with van der Waals surface area (Å²) in [4.78, 5) is 13.5. The molecule has 0 aliphatic carbocycles. The van der Waals surface area contributed by atoms with Crippen molar-refractivity contribution in [2.24, 2.45) is 0 Å². The average Bonchev–Trinajstić information content (AvgIpc) is 2.68. The molecule has 0 bridgehead atoms. The third-order valence-corrected chi connectivity index (χ3v) is 5.07. The minimum atomic E-state index is -0.151. The van der Waals surface area contributed by atoms with Crippen LogP contribution in [-0.2, 0) is 16.1 Å². The monoisotopic (exact) mass is 389 g/mol. The standard InChI is InChI=1S/C21H25ClN2O3/c1-16-11-18(7-8-20(16)22)27-15-21(25)23-12-19-14-24(9-10-26-19)13-17-5-3-2-4-6-17/h2-8,11,19H,9-10,12-15H2,1H3,(H,23,25)/p+1/t19-/m1/s1. The minimum absolute atomic E-state index is 0.0195. The van der Waals surface area contributed by atoms with Crippen molar-refractivity contribution >= 4 is 17.5 Å². The molecule has 0 saturated carbocycles. The number of amides is 1. The molecule has 144 valence electrons. The summed E-state index contributed by atoms with van der Waals surface area (Å²) in [5, 5.41) is 3.59. The van der Waals surface area contributed by atoms with Crippen LogP contribution in [0.15, 0.2) is 48.5 Å². The first-order valence-corrected chi connectivity index (χ1v) is 9.62. The van der Waals surface area contributed by atoms with Crippen molar-refractivity contribution in [1.29, 1.82) is 0 Å². The molecule has 2 atom stereocenters. The van der Waals surface area contributed by atoms with Gasteiger partial charge in [0.1, 0.15) is 31.5 Å². The van der Waals surface area contributed by atoms with E-state index in [0.717, 1.165) is 25.2 Å². The predicted octanol–water partition coefficient (Wildman–Crippen LogP) is 1.63. The summed E-state index contributed by atoms with van der Waals surface area (Å²) >= 11 is 5.99. The molecular weight excluding hydrogens is 364 g/mol. The van der Waals surface area contributed by atoms with Gasteiger partial charge in [-0.05, 0) is 30.7 Å². The lowest BCUT2D eigenvalue weighted by molar-refractivity contribution is -0.925. The van der Waals surface area contributed by atoms with Gasteiger partial charge in [-0.2, -0.15) is 0 Å². The maximum absolute atomic E-state index is 12.1. The summed E-state index contributed by atoms with van der Waals surface area (Å²) in [6, 6.07) is 15.8. The lowest BCUT2D eigenvalue weighted by Crippen LogP contribution is -3.13. The highest BCUT2D eigenvalue weighted by molar-refractivity contribution is 6.31. The summed E-state index contributed by atoms with van der Waals surface area (Å²) in [7, 11) is 0. The maximum atomic E-state index is 12.1. The van der Waals surface area contributed by atoms with Gasteiger partial charge in [0.2, 0.25) is 0 Å². The first-order valence-electron chi connectivity index (χ1n) is 9.25. The van der Waals surface area contributed by atoms with E-state index >= 15 is 0 Å². The second-order valence-electron chi connectivity index (χ2n) is 6.86. The van der Waals surface area contributed by atoms with Crippen LogP contribution in [0, 0.1) is 6.92 Å². The highest BCUT2D eigenvalue weighted by Gasteiger charge is 2.24. The average molecular weight is 390 g/mol. The molecule has 1 amide bonds. The smallest absolute Gasteiger partial charge is 0.258 e. The molecule has 0 radical (unpaired) electrons. The molecule has 1 fully saturated rings. The van der Waals surface area contributed by atoms with Crippen LogP contribution in [0.25, 0.3) is 0 Å².